The van der Waals surface area contributed by atoms with Crippen LogP contribution >= 0.6 is 0 Å². The van der Waals surface area contributed by atoms with E-state index in [4.69, 9.17) is 15.0 Å². The molecular weight excluding hydrogens is 669 g/mol. The maximum absolute atomic E-state index is 10.9. The standard InChI is InChI=1S/C51H44N4/c1-34-26-35-28-36(27-34)32-51(2,31-35)43-24-22-39(23-25-43)47-42(33-52)29-41(30-46(47)38-16-8-4-9-17-38)49-53-48(40-18-10-5-11-19-40)54-50(55-49)45-21-13-12-20-44(45)37-14-6-3-7-15-37/h3-25,29-30,34-36H,26-28,31-32H2,1-2H3/t34?,35-,36+,51?. The summed E-state index contributed by atoms with van der Waals surface area (Å²) in [7, 11) is 0. The number of nitriles is 1. The van der Waals surface area contributed by atoms with Crippen molar-refractivity contribution in [3.05, 3.63) is 163 Å². The zero-order valence-electron chi connectivity index (χ0n) is 31.5. The first-order valence-electron chi connectivity index (χ1n) is 19.7. The molecule has 2 aliphatic carbocycles. The highest BCUT2D eigenvalue weighted by Crippen LogP contribution is 2.51. The van der Waals surface area contributed by atoms with Gasteiger partial charge < -0.3 is 0 Å². The highest BCUT2D eigenvalue weighted by atomic mass is 15.0. The molecule has 2 bridgehead atoms. The number of benzene rings is 6. The van der Waals surface area contributed by atoms with Gasteiger partial charge in [0.1, 0.15) is 0 Å². The molecule has 4 heteroatoms. The van der Waals surface area contributed by atoms with Gasteiger partial charge in [-0.15, -0.1) is 0 Å². The van der Waals surface area contributed by atoms with Gasteiger partial charge in [-0.3, -0.25) is 0 Å². The van der Waals surface area contributed by atoms with Crippen LogP contribution in [0.25, 0.3) is 67.5 Å². The molecule has 1 aromatic heterocycles. The molecule has 2 aliphatic rings. The normalized spacial score (nSPS) is 20.4. The van der Waals surface area contributed by atoms with E-state index in [1.807, 2.05) is 72.8 Å². The van der Waals surface area contributed by atoms with Crippen LogP contribution in [-0.2, 0) is 5.41 Å². The van der Waals surface area contributed by atoms with Gasteiger partial charge in [0.2, 0.25) is 0 Å². The van der Waals surface area contributed by atoms with E-state index in [1.165, 1.54) is 37.7 Å². The van der Waals surface area contributed by atoms with Crippen molar-refractivity contribution in [1.82, 2.24) is 15.0 Å². The van der Waals surface area contributed by atoms with Crippen LogP contribution in [0.1, 0.15) is 57.1 Å². The van der Waals surface area contributed by atoms with Crippen molar-refractivity contribution >= 4 is 0 Å². The van der Waals surface area contributed by atoms with Gasteiger partial charge >= 0.3 is 0 Å². The molecule has 0 N–H and O–H groups in total. The first kappa shape index (κ1) is 34.6. The minimum atomic E-state index is 0.183. The predicted molar refractivity (Wildman–Crippen MR) is 224 cm³/mol. The molecule has 6 aromatic carbocycles. The summed E-state index contributed by atoms with van der Waals surface area (Å²) in [4.78, 5) is 15.3. The Balaban J connectivity index is 1.18. The van der Waals surface area contributed by atoms with E-state index < -0.39 is 0 Å². The van der Waals surface area contributed by atoms with Crippen molar-refractivity contribution in [2.45, 2.75) is 51.4 Å². The van der Waals surface area contributed by atoms with Gasteiger partial charge in [0.15, 0.2) is 17.5 Å². The monoisotopic (exact) mass is 712 g/mol. The highest BCUT2D eigenvalue weighted by Gasteiger charge is 2.41. The number of rotatable bonds is 7. The molecule has 2 fully saturated rings. The molecule has 7 aromatic rings. The van der Waals surface area contributed by atoms with Crippen molar-refractivity contribution in [1.29, 1.82) is 5.26 Å². The summed E-state index contributed by atoms with van der Waals surface area (Å²) in [6.45, 7) is 4.92. The predicted octanol–water partition coefficient (Wildman–Crippen LogP) is 12.8. The summed E-state index contributed by atoms with van der Waals surface area (Å²) in [5.74, 6) is 4.17. The van der Waals surface area contributed by atoms with Crippen LogP contribution in [0.15, 0.2) is 152 Å². The fourth-order valence-corrected chi connectivity index (χ4v) is 9.77. The van der Waals surface area contributed by atoms with Crippen molar-refractivity contribution < 1.29 is 0 Å². The summed E-state index contributed by atoms with van der Waals surface area (Å²) < 4.78 is 0. The number of nitrogens with zero attached hydrogens (tertiary/aromatic N) is 4. The van der Waals surface area contributed by atoms with Gasteiger partial charge in [-0.1, -0.05) is 153 Å². The van der Waals surface area contributed by atoms with Crippen LogP contribution < -0.4 is 0 Å². The molecule has 2 unspecified atom stereocenters. The number of hydrogen-bond acceptors (Lipinski definition) is 4. The van der Waals surface area contributed by atoms with Crippen LogP contribution in [0.5, 0.6) is 0 Å². The van der Waals surface area contributed by atoms with E-state index in [0.717, 1.165) is 67.8 Å². The van der Waals surface area contributed by atoms with Gasteiger partial charge in [-0.2, -0.15) is 5.26 Å². The second-order valence-corrected chi connectivity index (χ2v) is 16.1. The topological polar surface area (TPSA) is 62.5 Å². The lowest BCUT2D eigenvalue weighted by Gasteiger charge is -2.47. The molecule has 0 radical (unpaired) electrons. The highest BCUT2D eigenvalue weighted by molar-refractivity contribution is 5.91. The Morgan fingerprint density at radius 3 is 1.62 bits per heavy atom. The second-order valence-electron chi connectivity index (χ2n) is 16.1. The molecule has 0 saturated heterocycles. The van der Waals surface area contributed by atoms with Crippen molar-refractivity contribution in [2.75, 3.05) is 0 Å². The third-order valence-electron chi connectivity index (χ3n) is 12.0. The average Bonchev–Trinajstić information content (AvgIpc) is 3.23. The maximum atomic E-state index is 10.9. The molecule has 0 spiro atoms. The van der Waals surface area contributed by atoms with Crippen molar-refractivity contribution in [2.24, 2.45) is 17.8 Å². The van der Waals surface area contributed by atoms with Crippen LogP contribution in [-0.4, -0.2) is 15.0 Å². The SMILES string of the molecule is CC1C[C@@H]2C[C@H](C1)CC(C)(c1ccc(-c3c(C#N)cc(-c4nc(-c5ccccc5)nc(-c5ccccc5-c5ccccc5)n4)cc3-c3ccccc3)cc1)C2. The van der Waals surface area contributed by atoms with Crippen LogP contribution in [0.2, 0.25) is 0 Å². The van der Waals surface area contributed by atoms with Gasteiger partial charge in [0.05, 0.1) is 11.6 Å². The molecule has 1 heterocycles. The van der Waals surface area contributed by atoms with Crippen LogP contribution in [0, 0.1) is 29.1 Å². The Morgan fingerprint density at radius 2 is 1.02 bits per heavy atom. The number of fused-ring (bicyclic) bond motifs is 2. The number of hydrogen-bond donors (Lipinski definition) is 0. The van der Waals surface area contributed by atoms with Gasteiger partial charge in [0, 0.05) is 22.3 Å². The van der Waals surface area contributed by atoms with Crippen LogP contribution in [0.4, 0.5) is 0 Å². The molecule has 4 atom stereocenters. The number of aromatic nitrogens is 3. The minimum Gasteiger partial charge on any atom is -0.208 e. The Morgan fingerprint density at radius 1 is 0.509 bits per heavy atom. The third kappa shape index (κ3) is 6.88. The third-order valence-corrected chi connectivity index (χ3v) is 12.0. The summed E-state index contributed by atoms with van der Waals surface area (Å²) in [6.07, 6.45) is 6.63. The quantitative estimate of drug-likeness (QED) is 0.165. The Bertz CT molecular complexity index is 2480. The molecule has 9 rings (SSSR count). The Hall–Kier alpha value is -6.18. The largest absolute Gasteiger partial charge is 0.208 e. The molecule has 55 heavy (non-hydrogen) atoms. The lowest BCUT2D eigenvalue weighted by Crippen LogP contribution is -2.38. The fourth-order valence-electron chi connectivity index (χ4n) is 9.77. The molecule has 2 saturated carbocycles. The Labute approximate surface area is 324 Å². The Kier molecular flexibility index (Phi) is 9.16. The smallest absolute Gasteiger partial charge is 0.164 e. The zero-order chi connectivity index (χ0) is 37.4. The maximum Gasteiger partial charge on any atom is 0.164 e. The summed E-state index contributed by atoms with van der Waals surface area (Å²) in [6, 6.07) is 54.8. The van der Waals surface area contributed by atoms with Crippen LogP contribution in [0.3, 0.4) is 0 Å². The fraction of sp³-hybridized carbons (Fsp3) is 0.216. The van der Waals surface area contributed by atoms with Gasteiger partial charge in [0.25, 0.3) is 0 Å². The minimum absolute atomic E-state index is 0.183. The van der Waals surface area contributed by atoms with Crippen molar-refractivity contribution in [3.63, 3.8) is 0 Å². The van der Waals surface area contributed by atoms with E-state index in [0.29, 0.717) is 23.0 Å². The van der Waals surface area contributed by atoms with E-state index in [-0.39, 0.29) is 5.41 Å². The lowest BCUT2D eigenvalue weighted by molar-refractivity contribution is 0.0899. The molecular formula is C51H44N4. The molecule has 4 nitrogen and oxygen atoms in total. The molecule has 268 valence electrons. The van der Waals surface area contributed by atoms with E-state index in [9.17, 15) is 5.26 Å². The van der Waals surface area contributed by atoms with Gasteiger partial charge in [-0.05, 0) is 101 Å². The average molecular weight is 713 g/mol. The van der Waals surface area contributed by atoms with Crippen molar-refractivity contribution in [3.8, 4) is 73.6 Å². The zero-order valence-corrected chi connectivity index (χ0v) is 31.5. The second kappa shape index (κ2) is 14.6. The molecule has 0 amide bonds. The first-order valence-corrected chi connectivity index (χ1v) is 19.7. The van der Waals surface area contributed by atoms with Gasteiger partial charge in [-0.25, -0.2) is 15.0 Å². The van der Waals surface area contributed by atoms with E-state index in [1.54, 1.807) is 0 Å². The lowest BCUT2D eigenvalue weighted by atomic mass is 9.57. The van der Waals surface area contributed by atoms with E-state index in [2.05, 4.69) is 98.8 Å². The summed E-state index contributed by atoms with van der Waals surface area (Å²) in [5, 5.41) is 10.9. The first-order chi connectivity index (χ1) is 26.9. The summed E-state index contributed by atoms with van der Waals surface area (Å²) in [5.41, 5.74) is 10.9. The van der Waals surface area contributed by atoms with E-state index >= 15 is 0 Å². The summed E-state index contributed by atoms with van der Waals surface area (Å²) >= 11 is 0. The molecule has 0 aliphatic heterocycles.